The van der Waals surface area contributed by atoms with E-state index in [0.717, 1.165) is 28.0 Å². The minimum absolute atomic E-state index is 0.0991. The van der Waals surface area contributed by atoms with Crippen LogP contribution < -0.4 is 20.9 Å². The van der Waals surface area contributed by atoms with Gasteiger partial charge in [-0.3, -0.25) is 4.99 Å². The van der Waals surface area contributed by atoms with Gasteiger partial charge in [0.05, 0.1) is 19.9 Å². The lowest BCUT2D eigenvalue weighted by molar-refractivity contribution is 0.412. The smallest absolute Gasteiger partial charge is 0.222 e. The van der Waals surface area contributed by atoms with Crippen LogP contribution in [0, 0.1) is 0 Å². The summed E-state index contributed by atoms with van der Waals surface area (Å²) in [6.45, 7) is 8.28. The maximum Gasteiger partial charge on any atom is 0.222 e. The molecule has 29 heavy (non-hydrogen) atoms. The van der Waals surface area contributed by atoms with E-state index in [-0.39, 0.29) is 17.7 Å². The summed E-state index contributed by atoms with van der Waals surface area (Å²) in [5, 5.41) is 0. The number of nitrogens with zero attached hydrogens (tertiary/aromatic N) is 3. The van der Waals surface area contributed by atoms with Gasteiger partial charge in [0.15, 0.2) is 11.6 Å². The molecule has 7 heteroatoms. The second-order valence-electron chi connectivity index (χ2n) is 6.91. The Morgan fingerprint density at radius 3 is 2.55 bits per heavy atom. The molecule has 3 aromatic rings. The number of rotatable bonds is 7. The van der Waals surface area contributed by atoms with E-state index in [2.05, 4.69) is 41.6 Å². The molecule has 1 heterocycles. The van der Waals surface area contributed by atoms with Crippen LogP contribution in [-0.2, 0) is 6.54 Å². The van der Waals surface area contributed by atoms with E-state index in [1.165, 1.54) is 6.20 Å². The molecule has 0 atom stereocenters. The van der Waals surface area contributed by atoms with Crippen LogP contribution in [0.5, 0.6) is 17.2 Å². The number of nitrogens with two attached hydrogens (primary N) is 2. The summed E-state index contributed by atoms with van der Waals surface area (Å²) in [7, 11) is 1.66. The molecule has 0 saturated heterocycles. The van der Waals surface area contributed by atoms with Gasteiger partial charge in [0.25, 0.3) is 0 Å². The Morgan fingerprint density at radius 1 is 1.10 bits per heavy atom. The molecule has 4 N–H and O–H groups in total. The van der Waals surface area contributed by atoms with Crippen molar-refractivity contribution in [2.75, 3.05) is 18.6 Å². The van der Waals surface area contributed by atoms with Crippen LogP contribution in [0.15, 0.2) is 47.6 Å². The standard InChI is InChI=1S/C22H25N5O2/c1-13(2)16-9-18(28-4)17(15-7-5-6-14(8-15)11-25-3)10-19(16)29-20-12-26-22(24)27-21(20)23/h5-10,12-13H,3,11H2,1-2,4H3,(H4,23,24,26,27). The summed E-state index contributed by atoms with van der Waals surface area (Å²) in [6, 6.07) is 12.0. The second-order valence-corrected chi connectivity index (χ2v) is 6.91. The SMILES string of the molecule is C=NCc1cccc(-c2cc(Oc3cnc(N)nc3N)c(C(C)C)cc2OC)c1. The highest BCUT2D eigenvalue weighted by Gasteiger charge is 2.18. The largest absolute Gasteiger partial charge is 0.496 e. The number of hydrogen-bond acceptors (Lipinski definition) is 7. The van der Waals surface area contributed by atoms with Crippen LogP contribution in [0.4, 0.5) is 11.8 Å². The Morgan fingerprint density at radius 2 is 1.90 bits per heavy atom. The molecule has 0 amide bonds. The average Bonchev–Trinajstić information content (AvgIpc) is 2.70. The van der Waals surface area contributed by atoms with Crippen molar-refractivity contribution < 1.29 is 9.47 Å². The monoisotopic (exact) mass is 391 g/mol. The molecule has 3 rings (SSSR count). The van der Waals surface area contributed by atoms with E-state index < -0.39 is 0 Å². The lowest BCUT2D eigenvalue weighted by Gasteiger charge is -2.19. The number of hydrogen-bond donors (Lipinski definition) is 2. The average molecular weight is 391 g/mol. The molecule has 0 aliphatic rings. The van der Waals surface area contributed by atoms with Gasteiger partial charge in [-0.2, -0.15) is 4.98 Å². The lowest BCUT2D eigenvalue weighted by Crippen LogP contribution is -2.03. The van der Waals surface area contributed by atoms with Gasteiger partial charge in [-0.25, -0.2) is 4.98 Å². The first-order valence-corrected chi connectivity index (χ1v) is 9.22. The van der Waals surface area contributed by atoms with Crippen molar-refractivity contribution in [3.8, 4) is 28.4 Å². The third kappa shape index (κ3) is 4.45. The molecule has 0 radical (unpaired) electrons. The van der Waals surface area contributed by atoms with Crippen LogP contribution in [-0.4, -0.2) is 23.8 Å². The number of benzene rings is 2. The Labute approximate surface area is 170 Å². The fourth-order valence-electron chi connectivity index (χ4n) is 3.07. The van der Waals surface area contributed by atoms with Crippen molar-refractivity contribution in [1.82, 2.24) is 9.97 Å². The summed E-state index contributed by atoms with van der Waals surface area (Å²) >= 11 is 0. The Hall–Kier alpha value is -3.61. The van der Waals surface area contributed by atoms with Gasteiger partial charge < -0.3 is 20.9 Å². The van der Waals surface area contributed by atoms with Gasteiger partial charge in [0.1, 0.15) is 11.5 Å². The lowest BCUT2D eigenvalue weighted by atomic mass is 9.95. The van der Waals surface area contributed by atoms with E-state index in [9.17, 15) is 0 Å². The van der Waals surface area contributed by atoms with E-state index in [1.807, 2.05) is 30.3 Å². The molecule has 0 spiro atoms. The minimum Gasteiger partial charge on any atom is -0.496 e. The molecule has 0 aliphatic carbocycles. The number of nitrogen functional groups attached to an aromatic ring is 2. The number of methoxy groups -OCH3 is 1. The highest BCUT2D eigenvalue weighted by Crippen LogP contribution is 2.41. The predicted octanol–water partition coefficient (Wildman–Crippen LogP) is 4.43. The van der Waals surface area contributed by atoms with Crippen molar-refractivity contribution in [2.45, 2.75) is 26.3 Å². The highest BCUT2D eigenvalue weighted by atomic mass is 16.5. The molecular weight excluding hydrogens is 366 g/mol. The molecule has 1 aromatic heterocycles. The van der Waals surface area contributed by atoms with Crippen molar-refractivity contribution in [2.24, 2.45) is 4.99 Å². The minimum atomic E-state index is 0.0991. The van der Waals surface area contributed by atoms with Crippen LogP contribution >= 0.6 is 0 Å². The first-order valence-electron chi connectivity index (χ1n) is 9.22. The van der Waals surface area contributed by atoms with Crippen molar-refractivity contribution in [1.29, 1.82) is 0 Å². The van der Waals surface area contributed by atoms with Crippen LogP contribution in [0.2, 0.25) is 0 Å². The fraction of sp³-hybridized carbons (Fsp3) is 0.227. The third-order valence-electron chi connectivity index (χ3n) is 4.51. The van der Waals surface area contributed by atoms with Gasteiger partial charge in [0, 0.05) is 11.1 Å². The summed E-state index contributed by atoms with van der Waals surface area (Å²) in [5.74, 6) is 2.24. The first-order chi connectivity index (χ1) is 13.9. The van der Waals surface area contributed by atoms with Gasteiger partial charge in [-0.1, -0.05) is 32.0 Å². The molecule has 0 bridgehead atoms. The molecule has 0 fully saturated rings. The van der Waals surface area contributed by atoms with Crippen molar-refractivity contribution in [3.63, 3.8) is 0 Å². The van der Waals surface area contributed by atoms with Crippen LogP contribution in [0.1, 0.15) is 30.9 Å². The van der Waals surface area contributed by atoms with Gasteiger partial charge in [-0.05, 0) is 42.0 Å². The Balaban J connectivity index is 2.13. The predicted molar refractivity (Wildman–Crippen MR) is 117 cm³/mol. The Bertz CT molecular complexity index is 1030. The van der Waals surface area contributed by atoms with Crippen molar-refractivity contribution >= 4 is 18.5 Å². The first kappa shape index (κ1) is 20.1. The molecule has 150 valence electrons. The fourth-order valence-corrected chi connectivity index (χ4v) is 3.07. The second kappa shape index (κ2) is 8.60. The molecule has 2 aromatic carbocycles. The van der Waals surface area contributed by atoms with E-state index in [1.54, 1.807) is 7.11 Å². The number of ether oxygens (including phenoxy) is 2. The van der Waals surface area contributed by atoms with E-state index in [4.69, 9.17) is 20.9 Å². The highest BCUT2D eigenvalue weighted by molar-refractivity contribution is 5.74. The zero-order chi connectivity index (χ0) is 21.0. The maximum atomic E-state index is 6.11. The van der Waals surface area contributed by atoms with Gasteiger partial charge in [0.2, 0.25) is 5.95 Å². The number of aromatic nitrogens is 2. The third-order valence-corrected chi connectivity index (χ3v) is 4.51. The summed E-state index contributed by atoms with van der Waals surface area (Å²) in [6.07, 6.45) is 1.47. The van der Waals surface area contributed by atoms with Crippen LogP contribution in [0.25, 0.3) is 11.1 Å². The van der Waals surface area contributed by atoms with E-state index in [0.29, 0.717) is 18.0 Å². The van der Waals surface area contributed by atoms with E-state index >= 15 is 0 Å². The summed E-state index contributed by atoms with van der Waals surface area (Å²) in [4.78, 5) is 11.9. The van der Waals surface area contributed by atoms with Crippen LogP contribution in [0.3, 0.4) is 0 Å². The topological polar surface area (TPSA) is 109 Å². The maximum absolute atomic E-state index is 6.11. The summed E-state index contributed by atoms with van der Waals surface area (Å²) < 4.78 is 11.8. The van der Waals surface area contributed by atoms with Gasteiger partial charge in [-0.15, -0.1) is 0 Å². The zero-order valence-electron chi connectivity index (χ0n) is 16.8. The number of anilines is 2. The molecule has 7 nitrogen and oxygen atoms in total. The van der Waals surface area contributed by atoms with Crippen molar-refractivity contribution in [3.05, 3.63) is 53.7 Å². The Kier molecular flexibility index (Phi) is 5.97. The van der Waals surface area contributed by atoms with Gasteiger partial charge >= 0.3 is 0 Å². The zero-order valence-corrected chi connectivity index (χ0v) is 16.8. The molecule has 0 aliphatic heterocycles. The quantitative estimate of drug-likeness (QED) is 0.577. The summed E-state index contributed by atoms with van der Waals surface area (Å²) in [5.41, 5.74) is 15.5. The number of aliphatic imine (C=N–C) groups is 1. The normalized spacial score (nSPS) is 10.8. The molecular formula is C22H25N5O2. The molecule has 0 saturated carbocycles. The molecule has 0 unspecified atom stereocenters.